The Labute approximate surface area is 117 Å². The molecule has 0 amide bonds. The quantitative estimate of drug-likeness (QED) is 0.569. The first-order valence-electron chi connectivity index (χ1n) is 5.07. The fourth-order valence-corrected chi connectivity index (χ4v) is 1.93. The van der Waals surface area contributed by atoms with Crippen LogP contribution >= 0.6 is 0 Å². The topological polar surface area (TPSA) is 17.1 Å². The van der Waals surface area contributed by atoms with Crippen LogP contribution in [0.1, 0.15) is 28.8 Å². The molecule has 1 aromatic rings. The first-order valence-corrected chi connectivity index (χ1v) is 5.07. The van der Waals surface area contributed by atoms with Gasteiger partial charge in [0.1, 0.15) is 0 Å². The Bertz CT molecular complexity index is 346. The number of Topliss-reactive ketones (excluding diaryl/α,β-unsaturated/α-hetero) is 1. The van der Waals surface area contributed by atoms with Gasteiger partial charge in [-0.15, -0.1) is 23.1 Å². The molecule has 77 valence electrons. The molecule has 1 aliphatic rings. The number of fused-ring (bicyclic) bond motifs is 1. The average molecular weight is 275 g/mol. The Hall–Kier alpha value is -0.136. The molecule has 0 aliphatic heterocycles. The predicted molar refractivity (Wildman–Crippen MR) is 56.9 cm³/mol. The van der Waals surface area contributed by atoms with E-state index in [-0.39, 0.29) is 38.5 Å². The van der Waals surface area contributed by atoms with Crippen molar-refractivity contribution >= 4 is 5.78 Å². The normalized spacial score (nSPS) is 19.5. The molecule has 0 heterocycles. The number of benzene rings is 1. The largest absolute Gasteiger partial charge is 0.344 e. The Morgan fingerprint density at radius 1 is 1.40 bits per heavy atom. The number of aryl methyl sites for hydroxylation is 1. The molecule has 0 spiro atoms. The summed E-state index contributed by atoms with van der Waals surface area (Å²) in [5.41, 5.74) is 2.06. The minimum atomic E-state index is 0. The van der Waals surface area contributed by atoms with Crippen molar-refractivity contribution in [1.29, 1.82) is 0 Å². The molecule has 0 bridgehead atoms. The van der Waals surface area contributed by atoms with E-state index < -0.39 is 0 Å². The van der Waals surface area contributed by atoms with Crippen LogP contribution in [0, 0.1) is 19.3 Å². The summed E-state index contributed by atoms with van der Waals surface area (Å²) >= 11 is 0. The molecule has 0 aromatic heterocycles. The minimum absolute atomic E-state index is 0. The van der Waals surface area contributed by atoms with Crippen LogP contribution in [-0.2, 0) is 39.1 Å². The Morgan fingerprint density at radius 2 is 2.13 bits per heavy atom. The van der Waals surface area contributed by atoms with Crippen LogP contribution in [-0.4, -0.2) is 5.78 Å². The van der Waals surface area contributed by atoms with E-state index in [0.29, 0.717) is 5.92 Å². The van der Waals surface area contributed by atoms with Gasteiger partial charge in [-0.3, -0.25) is 0 Å². The van der Waals surface area contributed by atoms with Crippen molar-refractivity contribution in [2.75, 3.05) is 0 Å². The van der Waals surface area contributed by atoms with E-state index in [4.69, 9.17) is 0 Å². The van der Waals surface area contributed by atoms with Gasteiger partial charge in [-0.1, -0.05) is 24.6 Å². The molecule has 0 fully saturated rings. The van der Waals surface area contributed by atoms with Crippen molar-refractivity contribution in [3.8, 4) is 0 Å². The van der Waals surface area contributed by atoms with E-state index in [1.165, 1.54) is 5.56 Å². The molecule has 1 radical (unpaired) electrons. The van der Waals surface area contributed by atoms with Crippen LogP contribution in [0.2, 0.25) is 0 Å². The molecule has 1 nitrogen and oxygen atoms in total. The van der Waals surface area contributed by atoms with Gasteiger partial charge in [-0.2, -0.15) is 12.8 Å². The fourth-order valence-electron chi connectivity index (χ4n) is 1.93. The summed E-state index contributed by atoms with van der Waals surface area (Å²) in [6, 6.07) is 7.89. The van der Waals surface area contributed by atoms with Gasteiger partial charge in [-0.05, 0) is 6.42 Å². The molecule has 1 unspecified atom stereocenters. The van der Waals surface area contributed by atoms with Crippen LogP contribution < -0.4 is 0 Å². The average Bonchev–Trinajstić information content (AvgIpc) is 2.39. The van der Waals surface area contributed by atoms with Gasteiger partial charge in [0.2, 0.25) is 0 Å². The zero-order chi connectivity index (χ0) is 9.97. The van der Waals surface area contributed by atoms with Crippen molar-refractivity contribution in [3.05, 3.63) is 48.7 Å². The molecule has 2 rings (SSSR count). The third-order valence-electron chi connectivity index (χ3n) is 2.83. The Morgan fingerprint density at radius 3 is 2.87 bits per heavy atom. The summed E-state index contributed by atoms with van der Waals surface area (Å²) in [5.74, 6) is 0.529. The molecule has 1 atom stereocenters. The molecule has 1 aromatic carbocycles. The minimum Gasteiger partial charge on any atom is -0.344 e. The number of carbonyl (C=O) groups excluding carboxylic acids is 1. The third kappa shape index (κ3) is 2.92. The van der Waals surface area contributed by atoms with Gasteiger partial charge in [-0.25, -0.2) is 0 Å². The van der Waals surface area contributed by atoms with Crippen LogP contribution in [0.3, 0.4) is 0 Å². The van der Waals surface area contributed by atoms with Crippen LogP contribution in [0.25, 0.3) is 0 Å². The number of rotatable bonds is 1. The second-order valence-electron chi connectivity index (χ2n) is 3.78. The molecular weight excluding hydrogens is 261 g/mol. The molecule has 15 heavy (non-hydrogen) atoms. The van der Waals surface area contributed by atoms with Gasteiger partial charge in [0.15, 0.2) is 0 Å². The fraction of sp³-hybridized carbons (Fsp3) is 0.308. The maximum atomic E-state index is 11.8. The number of carbonyl (C=O) groups is 1. The summed E-state index contributed by atoms with van der Waals surface area (Å²) in [7, 11) is 0. The van der Waals surface area contributed by atoms with Crippen LogP contribution in [0.5, 0.6) is 0 Å². The number of hydrogen-bond donors (Lipinski definition) is 0. The maximum Gasteiger partial charge on any atom is 0.0249 e. The number of ketones is 1. The van der Waals surface area contributed by atoms with Crippen molar-refractivity contribution < 1.29 is 37.5 Å². The first kappa shape index (κ1) is 12.9. The molecule has 0 saturated heterocycles. The summed E-state index contributed by atoms with van der Waals surface area (Å²) < 4.78 is 0. The van der Waals surface area contributed by atoms with Gasteiger partial charge in [0.25, 0.3) is 0 Å². The van der Waals surface area contributed by atoms with Gasteiger partial charge in [0, 0.05) is 38.5 Å². The van der Waals surface area contributed by atoms with Crippen molar-refractivity contribution in [2.24, 2.45) is 5.92 Å². The monoisotopic (exact) mass is 275 g/mol. The van der Waals surface area contributed by atoms with Crippen LogP contribution in [0.15, 0.2) is 24.3 Å². The third-order valence-corrected chi connectivity index (χ3v) is 2.83. The second kappa shape index (κ2) is 5.81. The first-order chi connectivity index (χ1) is 6.81. The molecule has 1 aliphatic carbocycles. The van der Waals surface area contributed by atoms with E-state index in [0.717, 1.165) is 24.8 Å². The molecule has 0 N–H and O–H groups in total. The standard InChI is InChI=1S/C13H14O.Y/c1-2-10-7-8-11-5-3-4-6-12(11)13(14)9-10;/h3-6,9-10H,1-2,7-8H2;/q-2;. The van der Waals surface area contributed by atoms with Gasteiger partial charge < -0.3 is 11.7 Å². The number of hydrogen-bond acceptors (Lipinski definition) is 1. The predicted octanol–water partition coefficient (Wildman–Crippen LogP) is 2.86. The van der Waals surface area contributed by atoms with Gasteiger partial charge >= 0.3 is 0 Å². The smallest absolute Gasteiger partial charge is 0.0249 e. The van der Waals surface area contributed by atoms with E-state index in [2.05, 4.69) is 6.92 Å². The van der Waals surface area contributed by atoms with Crippen LogP contribution in [0.4, 0.5) is 0 Å². The maximum absolute atomic E-state index is 11.8. The van der Waals surface area contributed by atoms with Gasteiger partial charge in [0.05, 0.1) is 0 Å². The van der Waals surface area contributed by atoms with Crippen molar-refractivity contribution in [1.82, 2.24) is 0 Å². The van der Waals surface area contributed by atoms with E-state index in [9.17, 15) is 4.79 Å². The molecule has 2 heteroatoms. The van der Waals surface area contributed by atoms with Crippen molar-refractivity contribution in [2.45, 2.75) is 19.3 Å². The molecular formula is C13H14OY-2. The summed E-state index contributed by atoms with van der Waals surface area (Å²) in [6.07, 6.45) is 4.70. The summed E-state index contributed by atoms with van der Waals surface area (Å²) in [4.78, 5) is 11.8. The molecule has 0 saturated carbocycles. The SMILES string of the molecule is [CH2-]CC1[CH-]C(=O)c2ccccc2CC1.[Y]. The van der Waals surface area contributed by atoms with Crippen molar-refractivity contribution in [3.63, 3.8) is 0 Å². The zero-order valence-electron chi connectivity index (χ0n) is 8.78. The zero-order valence-corrected chi connectivity index (χ0v) is 11.6. The van der Waals surface area contributed by atoms with E-state index in [1.807, 2.05) is 30.7 Å². The summed E-state index contributed by atoms with van der Waals surface area (Å²) in [5, 5.41) is 0. The second-order valence-corrected chi connectivity index (χ2v) is 3.78. The Kier molecular flexibility index (Phi) is 5.01. The Balaban J connectivity index is 0.00000112. The van der Waals surface area contributed by atoms with E-state index in [1.54, 1.807) is 0 Å². The summed E-state index contributed by atoms with van der Waals surface area (Å²) in [6.45, 7) is 3.86. The van der Waals surface area contributed by atoms with E-state index >= 15 is 0 Å².